The van der Waals surface area contributed by atoms with Gasteiger partial charge in [0.25, 0.3) is 0 Å². The number of carbonyl (C=O) groups excluding carboxylic acids is 5. The number of hydrogen-bond donors (Lipinski definition) is 6. The van der Waals surface area contributed by atoms with Gasteiger partial charge in [-0.3, -0.25) is 24.0 Å². The molecule has 220 valence electrons. The molecule has 4 fully saturated rings. The summed E-state index contributed by atoms with van der Waals surface area (Å²) < 4.78 is 10.3. The Morgan fingerprint density at radius 1 is 0.698 bits per heavy atom. The maximum absolute atomic E-state index is 14.7. The van der Waals surface area contributed by atoms with Crippen LogP contribution in [0, 0.1) is 34.5 Å². The van der Waals surface area contributed by atoms with Gasteiger partial charge in [-0.25, -0.2) is 0 Å². The third-order valence-electron chi connectivity index (χ3n) is 10.9. The van der Waals surface area contributed by atoms with E-state index >= 15 is 0 Å². The number of rotatable bonds is 2. The van der Waals surface area contributed by atoms with Gasteiger partial charge in [0.2, 0.25) is 11.4 Å². The van der Waals surface area contributed by atoms with Crippen molar-refractivity contribution in [2.45, 2.75) is 17.8 Å². The van der Waals surface area contributed by atoms with E-state index in [0.29, 0.717) is 0 Å². The number of fused-ring (bicyclic) bond motifs is 4. The first-order valence-corrected chi connectivity index (χ1v) is 13.4. The van der Waals surface area contributed by atoms with Crippen LogP contribution in [0.2, 0.25) is 0 Å². The minimum absolute atomic E-state index is 0.0360. The number of ether oxygens (including phenoxy) is 2. The molecule has 4 saturated carbocycles. The van der Waals surface area contributed by atoms with E-state index in [0.717, 1.165) is 24.3 Å². The van der Waals surface area contributed by atoms with Crippen molar-refractivity contribution in [3.05, 3.63) is 52.1 Å². The number of carbonyl (C=O) groups is 5. The van der Waals surface area contributed by atoms with Crippen LogP contribution in [0.4, 0.5) is 0 Å². The zero-order valence-electron chi connectivity index (χ0n) is 22.3. The molecule has 13 nitrogen and oxygen atoms in total. The summed E-state index contributed by atoms with van der Waals surface area (Å²) in [5, 5.41) is 68.9. The van der Waals surface area contributed by atoms with Gasteiger partial charge in [0.15, 0.2) is 23.1 Å². The molecule has 43 heavy (non-hydrogen) atoms. The molecule has 8 rings (SSSR count). The maximum Gasteiger partial charge on any atom is 0.207 e. The first-order valence-electron chi connectivity index (χ1n) is 13.4. The van der Waals surface area contributed by atoms with Crippen LogP contribution in [0.15, 0.2) is 29.8 Å². The highest BCUT2D eigenvalue weighted by Gasteiger charge is 2.94. The quantitative estimate of drug-likeness (QED) is 0.248. The predicted molar refractivity (Wildman–Crippen MR) is 138 cm³/mol. The molecule has 0 aromatic heterocycles. The predicted octanol–water partition coefficient (Wildman–Crippen LogP) is -0.257. The van der Waals surface area contributed by atoms with Crippen LogP contribution in [0.1, 0.15) is 36.6 Å². The summed E-state index contributed by atoms with van der Waals surface area (Å²) in [6, 6.07) is 4.29. The Hall–Kier alpha value is -4.59. The van der Waals surface area contributed by atoms with E-state index in [1.807, 2.05) is 0 Å². The zero-order valence-corrected chi connectivity index (χ0v) is 22.3. The van der Waals surface area contributed by atoms with Crippen molar-refractivity contribution in [2.24, 2.45) is 34.5 Å². The number of hydrogen-bond acceptors (Lipinski definition) is 13. The number of phenols is 2. The summed E-state index contributed by atoms with van der Waals surface area (Å²) in [4.78, 5) is 72.5. The molecule has 2 aromatic rings. The van der Waals surface area contributed by atoms with Gasteiger partial charge >= 0.3 is 0 Å². The number of methoxy groups -OCH3 is 2. The number of allylic oxidation sites excluding steroid dienone is 1. The van der Waals surface area contributed by atoms with E-state index in [2.05, 4.69) is 0 Å². The Morgan fingerprint density at radius 3 is 1.81 bits per heavy atom. The van der Waals surface area contributed by atoms with Gasteiger partial charge in [-0.1, -0.05) is 0 Å². The molecule has 0 amide bonds. The van der Waals surface area contributed by atoms with Crippen molar-refractivity contribution in [2.75, 3.05) is 14.2 Å². The standard InChI is InChI=1S/C30H22O13/c1-42-7-3-9-13(11(31)5-7)20(33)17-23(36)18-21(34)15-16-22(35)19(28(15,17)24(9)37)27(40)30(41)26(39)14-10(25(38)29(16,18)30)4-8(43-2)6-12(14)32/h3-6,15-16,18-19,21-22,31-35,41H,1-2H3/t15?,16-,18?,19?,21-,22?,28?,29?,30?/m0/s1. The smallest absolute Gasteiger partial charge is 0.207 e. The van der Waals surface area contributed by atoms with E-state index in [-0.39, 0.29) is 11.5 Å². The lowest BCUT2D eigenvalue weighted by molar-refractivity contribution is -0.181. The van der Waals surface area contributed by atoms with Gasteiger partial charge < -0.3 is 40.1 Å². The van der Waals surface area contributed by atoms with E-state index in [9.17, 15) is 54.6 Å². The van der Waals surface area contributed by atoms with Crippen LogP contribution in [0.5, 0.6) is 23.0 Å². The molecular weight excluding hydrogens is 568 g/mol. The van der Waals surface area contributed by atoms with E-state index in [1.165, 1.54) is 14.2 Å². The Kier molecular flexibility index (Phi) is 4.43. The van der Waals surface area contributed by atoms with Crippen molar-refractivity contribution in [3.8, 4) is 23.0 Å². The van der Waals surface area contributed by atoms with E-state index in [1.54, 1.807) is 0 Å². The van der Waals surface area contributed by atoms with Crippen molar-refractivity contribution in [3.63, 3.8) is 0 Å². The summed E-state index contributed by atoms with van der Waals surface area (Å²) in [5.41, 5.74) is -11.5. The number of aromatic hydroxyl groups is 2. The fourth-order valence-corrected chi connectivity index (χ4v) is 9.71. The molecule has 6 aliphatic carbocycles. The van der Waals surface area contributed by atoms with E-state index < -0.39 is 126 Å². The van der Waals surface area contributed by atoms with Crippen LogP contribution in [-0.4, -0.2) is 91.6 Å². The summed E-state index contributed by atoms with van der Waals surface area (Å²) in [7, 11) is 2.45. The molecule has 0 aliphatic heterocycles. The van der Waals surface area contributed by atoms with Crippen molar-refractivity contribution in [1.82, 2.24) is 0 Å². The average molecular weight is 590 g/mol. The molecule has 0 heterocycles. The molecule has 9 atom stereocenters. The van der Waals surface area contributed by atoms with Crippen molar-refractivity contribution in [1.29, 1.82) is 0 Å². The zero-order chi connectivity index (χ0) is 30.9. The number of aliphatic hydroxyl groups is 4. The van der Waals surface area contributed by atoms with Crippen LogP contribution in [-0.2, 0) is 9.59 Å². The molecule has 2 aromatic carbocycles. The number of aliphatic hydroxyl groups excluding tert-OH is 3. The average Bonchev–Trinajstić information content (AvgIpc) is 3.34. The minimum Gasteiger partial charge on any atom is -0.507 e. The Morgan fingerprint density at radius 2 is 1.23 bits per heavy atom. The largest absolute Gasteiger partial charge is 0.507 e. The van der Waals surface area contributed by atoms with Crippen LogP contribution >= 0.6 is 0 Å². The molecule has 4 bridgehead atoms. The number of Topliss-reactive ketones (excluding diaryl/α,β-unsaturated/α-hetero) is 5. The molecule has 6 N–H and O–H groups in total. The van der Waals surface area contributed by atoms with Gasteiger partial charge in [-0.05, 0) is 12.1 Å². The summed E-state index contributed by atoms with van der Waals surface area (Å²) in [6.07, 6.45) is -3.87. The van der Waals surface area contributed by atoms with E-state index in [4.69, 9.17) is 9.47 Å². The molecule has 0 saturated heterocycles. The van der Waals surface area contributed by atoms with Crippen molar-refractivity contribution < 1.29 is 64.1 Å². The molecular formula is C30H22O13. The SMILES string of the molecule is COc1cc(O)c2c(c1)C(=O)C13C4C(=O)C5=C(O)c6c(O)cc(OC)cc6C(=O)C56C(C(=O)C1(O)C2=O)C(O)[C@@H]3C6[C@@H]4O. The molecule has 6 aliphatic rings. The summed E-state index contributed by atoms with van der Waals surface area (Å²) >= 11 is 0. The lowest BCUT2D eigenvalue weighted by Crippen LogP contribution is -2.78. The second-order valence-electron chi connectivity index (χ2n) is 12.0. The highest BCUT2D eigenvalue weighted by atomic mass is 16.5. The van der Waals surface area contributed by atoms with Crippen LogP contribution < -0.4 is 9.47 Å². The third-order valence-corrected chi connectivity index (χ3v) is 10.9. The minimum atomic E-state index is -3.38. The lowest BCUT2D eigenvalue weighted by atomic mass is 9.42. The van der Waals surface area contributed by atoms with Gasteiger partial charge in [0.05, 0.1) is 65.8 Å². The first-order chi connectivity index (χ1) is 20.3. The number of ketones is 5. The van der Waals surface area contributed by atoms with Gasteiger partial charge in [0.1, 0.15) is 28.8 Å². The highest BCUT2D eigenvalue weighted by molar-refractivity contribution is 6.36. The second kappa shape index (κ2) is 7.30. The normalized spacial score (nSPS) is 39.5. The molecule has 7 unspecified atom stereocenters. The Balaban J connectivity index is 1.53. The topological polar surface area (TPSA) is 225 Å². The lowest BCUT2D eigenvalue weighted by Gasteiger charge is -2.58. The summed E-state index contributed by atoms with van der Waals surface area (Å²) in [5.74, 6) is -16.3. The molecule has 0 radical (unpaired) electrons. The third kappa shape index (κ3) is 2.19. The first kappa shape index (κ1) is 26.1. The maximum atomic E-state index is 14.7. The monoisotopic (exact) mass is 590 g/mol. The Labute approximate surface area is 240 Å². The second-order valence-corrected chi connectivity index (χ2v) is 12.0. The van der Waals surface area contributed by atoms with Crippen LogP contribution in [0.3, 0.4) is 0 Å². The number of benzene rings is 2. The van der Waals surface area contributed by atoms with Crippen LogP contribution in [0.25, 0.3) is 5.76 Å². The molecule has 2 spiro atoms. The molecule has 13 heteroatoms. The van der Waals surface area contributed by atoms with Gasteiger partial charge in [-0.2, -0.15) is 0 Å². The van der Waals surface area contributed by atoms with Gasteiger partial charge in [-0.15, -0.1) is 0 Å². The van der Waals surface area contributed by atoms with Gasteiger partial charge in [0, 0.05) is 35.1 Å². The fraction of sp³-hybridized carbons (Fsp3) is 0.367. The highest BCUT2D eigenvalue weighted by Crippen LogP contribution is 2.81. The van der Waals surface area contributed by atoms with Crippen molar-refractivity contribution >= 4 is 34.7 Å². The fourth-order valence-electron chi connectivity index (χ4n) is 9.71. The summed E-state index contributed by atoms with van der Waals surface area (Å²) in [6.45, 7) is 0. The Bertz CT molecular complexity index is 1870. The number of phenolic OH excluding ortho intramolecular Hbond substituents is 2.